The van der Waals surface area contributed by atoms with Crippen LogP contribution in [0.1, 0.15) is 21.8 Å². The van der Waals surface area contributed by atoms with E-state index in [0.29, 0.717) is 17.9 Å². The van der Waals surface area contributed by atoms with E-state index in [9.17, 15) is 4.79 Å². The number of carbonyl (C=O) groups is 1. The van der Waals surface area contributed by atoms with Crippen molar-refractivity contribution < 1.29 is 9.21 Å². The van der Waals surface area contributed by atoms with Crippen molar-refractivity contribution in [3.05, 3.63) is 59.5 Å². The van der Waals surface area contributed by atoms with Crippen LogP contribution in [0.4, 0.5) is 5.69 Å². The number of aromatic nitrogens is 1. The molecule has 3 aromatic rings. The van der Waals surface area contributed by atoms with Gasteiger partial charge in [-0.2, -0.15) is 0 Å². The molecule has 0 aliphatic carbocycles. The maximum atomic E-state index is 12.7. The van der Waals surface area contributed by atoms with Crippen LogP contribution in [0, 0.1) is 6.92 Å². The molecule has 4 nitrogen and oxygen atoms in total. The van der Waals surface area contributed by atoms with Gasteiger partial charge in [0, 0.05) is 24.0 Å². The highest BCUT2D eigenvalue weighted by Crippen LogP contribution is 2.30. The van der Waals surface area contributed by atoms with Gasteiger partial charge < -0.3 is 9.32 Å². The first-order chi connectivity index (χ1) is 10.2. The van der Waals surface area contributed by atoms with Crippen LogP contribution in [-0.2, 0) is 6.42 Å². The van der Waals surface area contributed by atoms with Gasteiger partial charge in [-0.3, -0.25) is 4.79 Å². The van der Waals surface area contributed by atoms with E-state index in [1.807, 2.05) is 37.3 Å². The smallest absolute Gasteiger partial charge is 0.294 e. The molecule has 2 aromatic heterocycles. The third-order valence-electron chi connectivity index (χ3n) is 3.86. The lowest BCUT2D eigenvalue weighted by atomic mass is 10.2. The van der Waals surface area contributed by atoms with Gasteiger partial charge in [-0.25, -0.2) is 4.98 Å². The van der Waals surface area contributed by atoms with Gasteiger partial charge in [0.1, 0.15) is 5.52 Å². The fraction of sp³-hybridized carbons (Fsp3) is 0.176. The van der Waals surface area contributed by atoms with Crippen LogP contribution in [-0.4, -0.2) is 17.4 Å². The van der Waals surface area contributed by atoms with E-state index in [1.54, 1.807) is 11.0 Å². The molecule has 0 fully saturated rings. The standard InChI is InChI=1S/C17H14N2O2/c1-11-6-7-15-13(18-11)10-16(21-15)17(20)19-9-8-12-4-2-3-5-14(12)19/h2-7,10H,8-9H2,1H3. The Morgan fingerprint density at radius 3 is 3.00 bits per heavy atom. The molecule has 4 rings (SSSR count). The highest BCUT2D eigenvalue weighted by Gasteiger charge is 2.27. The Kier molecular flexibility index (Phi) is 2.57. The maximum Gasteiger partial charge on any atom is 0.294 e. The molecule has 0 bridgehead atoms. The molecule has 0 unspecified atom stereocenters. The Balaban J connectivity index is 1.74. The molecule has 0 saturated heterocycles. The van der Waals surface area contributed by atoms with E-state index in [4.69, 9.17) is 4.42 Å². The van der Waals surface area contributed by atoms with Gasteiger partial charge in [0.2, 0.25) is 0 Å². The van der Waals surface area contributed by atoms with E-state index < -0.39 is 0 Å². The first-order valence-corrected chi connectivity index (χ1v) is 6.99. The van der Waals surface area contributed by atoms with Gasteiger partial charge >= 0.3 is 0 Å². The zero-order valence-electron chi connectivity index (χ0n) is 11.7. The van der Waals surface area contributed by atoms with E-state index in [-0.39, 0.29) is 5.91 Å². The number of pyridine rings is 1. The molecule has 0 radical (unpaired) electrons. The number of amides is 1. The Morgan fingerprint density at radius 2 is 2.10 bits per heavy atom. The molecule has 1 aromatic carbocycles. The van der Waals surface area contributed by atoms with E-state index in [0.717, 1.165) is 23.3 Å². The minimum Gasteiger partial charge on any atom is -0.449 e. The largest absolute Gasteiger partial charge is 0.449 e. The van der Waals surface area contributed by atoms with Crippen LogP contribution < -0.4 is 4.90 Å². The number of anilines is 1. The normalized spacial score (nSPS) is 13.7. The van der Waals surface area contributed by atoms with Gasteiger partial charge in [0.05, 0.1) is 0 Å². The van der Waals surface area contributed by atoms with Crippen molar-refractivity contribution in [1.29, 1.82) is 0 Å². The number of carbonyl (C=O) groups excluding carboxylic acids is 1. The number of fused-ring (bicyclic) bond motifs is 2. The maximum absolute atomic E-state index is 12.7. The van der Waals surface area contributed by atoms with Crippen molar-refractivity contribution in [2.45, 2.75) is 13.3 Å². The highest BCUT2D eigenvalue weighted by molar-refractivity contribution is 6.07. The van der Waals surface area contributed by atoms with E-state index >= 15 is 0 Å². The Bertz CT molecular complexity index is 851. The molecular weight excluding hydrogens is 264 g/mol. The average Bonchev–Trinajstić information content (AvgIpc) is 3.09. The summed E-state index contributed by atoms with van der Waals surface area (Å²) in [6, 6.07) is 13.5. The Morgan fingerprint density at radius 1 is 1.24 bits per heavy atom. The summed E-state index contributed by atoms with van der Waals surface area (Å²) in [7, 11) is 0. The third-order valence-corrected chi connectivity index (χ3v) is 3.86. The minimum atomic E-state index is -0.101. The number of furan rings is 1. The molecule has 0 spiro atoms. The second-order valence-corrected chi connectivity index (χ2v) is 5.28. The lowest BCUT2D eigenvalue weighted by Gasteiger charge is -2.15. The van der Waals surface area contributed by atoms with Crippen molar-refractivity contribution in [2.75, 3.05) is 11.4 Å². The van der Waals surface area contributed by atoms with Crippen LogP contribution in [0.3, 0.4) is 0 Å². The summed E-state index contributed by atoms with van der Waals surface area (Å²) in [5.74, 6) is 0.246. The molecule has 3 heterocycles. The summed E-state index contributed by atoms with van der Waals surface area (Å²) < 4.78 is 5.66. The lowest BCUT2D eigenvalue weighted by Crippen LogP contribution is -2.28. The van der Waals surface area contributed by atoms with Crippen LogP contribution in [0.5, 0.6) is 0 Å². The Hall–Kier alpha value is -2.62. The van der Waals surface area contributed by atoms with Gasteiger partial charge in [-0.1, -0.05) is 18.2 Å². The molecule has 1 amide bonds. The monoisotopic (exact) mass is 278 g/mol. The zero-order chi connectivity index (χ0) is 14.4. The predicted octanol–water partition coefficient (Wildman–Crippen LogP) is 3.34. The number of benzene rings is 1. The molecule has 4 heteroatoms. The topological polar surface area (TPSA) is 46.3 Å². The van der Waals surface area contributed by atoms with Crippen molar-refractivity contribution in [2.24, 2.45) is 0 Å². The summed E-state index contributed by atoms with van der Waals surface area (Å²) in [5, 5.41) is 0. The molecule has 21 heavy (non-hydrogen) atoms. The van der Waals surface area contributed by atoms with Gasteiger partial charge in [-0.15, -0.1) is 0 Å². The van der Waals surface area contributed by atoms with E-state index in [1.165, 1.54) is 5.56 Å². The fourth-order valence-corrected chi connectivity index (χ4v) is 2.81. The van der Waals surface area contributed by atoms with Crippen molar-refractivity contribution in [1.82, 2.24) is 4.98 Å². The SMILES string of the molecule is Cc1ccc2oc(C(=O)N3CCc4ccccc43)cc2n1. The molecule has 1 aliphatic heterocycles. The van der Waals surface area contributed by atoms with Crippen molar-refractivity contribution in [3.63, 3.8) is 0 Å². The van der Waals surface area contributed by atoms with Crippen LogP contribution in [0.25, 0.3) is 11.1 Å². The second kappa shape index (κ2) is 4.45. The predicted molar refractivity (Wildman–Crippen MR) is 80.6 cm³/mol. The van der Waals surface area contributed by atoms with Crippen molar-refractivity contribution >= 4 is 22.7 Å². The summed E-state index contributed by atoms with van der Waals surface area (Å²) in [6.07, 6.45) is 0.888. The Labute approximate surface area is 122 Å². The first kappa shape index (κ1) is 12.1. The van der Waals surface area contributed by atoms with Crippen LogP contribution in [0.2, 0.25) is 0 Å². The number of nitrogens with zero attached hydrogens (tertiary/aromatic N) is 2. The first-order valence-electron chi connectivity index (χ1n) is 6.99. The van der Waals surface area contributed by atoms with Crippen LogP contribution in [0.15, 0.2) is 46.9 Å². The molecule has 0 atom stereocenters. The number of rotatable bonds is 1. The molecule has 0 N–H and O–H groups in total. The van der Waals surface area contributed by atoms with Crippen LogP contribution >= 0.6 is 0 Å². The summed E-state index contributed by atoms with van der Waals surface area (Å²) in [5.41, 5.74) is 4.47. The van der Waals surface area contributed by atoms with Gasteiger partial charge in [0.25, 0.3) is 5.91 Å². The quantitative estimate of drug-likeness (QED) is 0.686. The number of hydrogen-bond acceptors (Lipinski definition) is 3. The molecule has 1 aliphatic rings. The second-order valence-electron chi connectivity index (χ2n) is 5.28. The summed E-state index contributed by atoms with van der Waals surface area (Å²) >= 11 is 0. The summed E-state index contributed by atoms with van der Waals surface area (Å²) in [4.78, 5) is 18.8. The minimum absolute atomic E-state index is 0.101. The fourth-order valence-electron chi connectivity index (χ4n) is 2.81. The molecule has 104 valence electrons. The number of para-hydroxylation sites is 1. The van der Waals surface area contributed by atoms with Crippen molar-refractivity contribution in [3.8, 4) is 0 Å². The number of hydrogen-bond donors (Lipinski definition) is 0. The third kappa shape index (κ3) is 1.91. The molecular formula is C17H14N2O2. The zero-order valence-corrected chi connectivity index (χ0v) is 11.7. The summed E-state index contributed by atoms with van der Waals surface area (Å²) in [6.45, 7) is 2.62. The van der Waals surface area contributed by atoms with Gasteiger partial charge in [-0.05, 0) is 37.1 Å². The lowest BCUT2D eigenvalue weighted by molar-refractivity contribution is 0.0965. The number of aryl methyl sites for hydroxylation is 1. The average molecular weight is 278 g/mol. The van der Waals surface area contributed by atoms with E-state index in [2.05, 4.69) is 11.1 Å². The molecule has 0 saturated carbocycles. The van der Waals surface area contributed by atoms with Gasteiger partial charge in [0.15, 0.2) is 11.3 Å². The highest BCUT2D eigenvalue weighted by atomic mass is 16.3.